The van der Waals surface area contributed by atoms with Crippen LogP contribution in [0, 0.1) is 6.92 Å². The number of carbonyl (C=O) groups is 1. The third-order valence-electron chi connectivity index (χ3n) is 4.68. The Bertz CT molecular complexity index is 902. The average molecular weight is 367 g/mol. The summed E-state index contributed by atoms with van der Waals surface area (Å²) >= 11 is 1.64. The second-order valence-electron chi connectivity index (χ2n) is 6.60. The highest BCUT2D eigenvalue weighted by Gasteiger charge is 2.20. The average Bonchev–Trinajstić information content (AvgIpc) is 3.31. The molecule has 26 heavy (non-hydrogen) atoms. The minimum Gasteiger partial charge on any atom is -0.360 e. The van der Waals surface area contributed by atoms with Crippen LogP contribution in [0.1, 0.15) is 46.2 Å². The minimum absolute atomic E-state index is 0.185. The van der Waals surface area contributed by atoms with Crippen LogP contribution in [0.4, 0.5) is 10.6 Å². The van der Waals surface area contributed by atoms with Gasteiger partial charge in [0.1, 0.15) is 5.76 Å². The standard InChI is InChI=1S/C20H21N3O2S/c1-13-11-18(23-25-13)21-20(24)22-19(17-7-4-10-26-17)16-9-8-14-5-2-3-6-15(14)12-16/h4,7-12,19H,2-3,5-6H2,1H3,(H2,21,22,23,24)/t19-/m0/s1. The first-order chi connectivity index (χ1) is 12.7. The van der Waals surface area contributed by atoms with Gasteiger partial charge < -0.3 is 9.84 Å². The number of nitrogens with one attached hydrogen (secondary N) is 2. The highest BCUT2D eigenvalue weighted by molar-refractivity contribution is 7.10. The van der Waals surface area contributed by atoms with Gasteiger partial charge in [0.15, 0.2) is 5.82 Å². The van der Waals surface area contributed by atoms with E-state index < -0.39 is 0 Å². The maximum absolute atomic E-state index is 12.5. The molecule has 2 N–H and O–H groups in total. The van der Waals surface area contributed by atoms with Gasteiger partial charge in [0.25, 0.3) is 0 Å². The van der Waals surface area contributed by atoms with Crippen LogP contribution in [-0.4, -0.2) is 11.2 Å². The number of aryl methyl sites for hydroxylation is 3. The van der Waals surface area contributed by atoms with Crippen LogP contribution in [0.25, 0.3) is 0 Å². The molecule has 0 saturated heterocycles. The van der Waals surface area contributed by atoms with E-state index in [2.05, 4.69) is 40.1 Å². The number of carbonyl (C=O) groups excluding carboxylic acids is 1. The molecule has 134 valence electrons. The zero-order chi connectivity index (χ0) is 17.9. The fourth-order valence-electron chi connectivity index (χ4n) is 3.42. The predicted molar refractivity (Wildman–Crippen MR) is 103 cm³/mol. The number of thiophene rings is 1. The van der Waals surface area contributed by atoms with Gasteiger partial charge in [0.2, 0.25) is 0 Å². The Morgan fingerprint density at radius 1 is 1.19 bits per heavy atom. The lowest BCUT2D eigenvalue weighted by atomic mass is 9.89. The molecular formula is C20H21N3O2S. The van der Waals surface area contributed by atoms with Crippen molar-refractivity contribution in [3.05, 3.63) is 69.1 Å². The molecule has 0 radical (unpaired) electrons. The first-order valence-corrected chi connectivity index (χ1v) is 9.73. The van der Waals surface area contributed by atoms with Gasteiger partial charge in [0.05, 0.1) is 6.04 Å². The second-order valence-corrected chi connectivity index (χ2v) is 7.58. The molecule has 0 aliphatic heterocycles. The van der Waals surface area contributed by atoms with Gasteiger partial charge in [-0.05, 0) is 60.7 Å². The number of urea groups is 1. The molecule has 1 aromatic carbocycles. The first-order valence-electron chi connectivity index (χ1n) is 8.85. The number of benzene rings is 1. The van der Waals surface area contributed by atoms with Gasteiger partial charge in [-0.3, -0.25) is 5.32 Å². The normalized spacial score (nSPS) is 14.5. The van der Waals surface area contributed by atoms with E-state index in [0.717, 1.165) is 23.3 Å². The Hall–Kier alpha value is -2.60. The van der Waals surface area contributed by atoms with Crippen molar-refractivity contribution >= 4 is 23.2 Å². The quantitative estimate of drug-likeness (QED) is 0.694. The van der Waals surface area contributed by atoms with E-state index in [4.69, 9.17) is 4.52 Å². The maximum Gasteiger partial charge on any atom is 0.321 e. The molecule has 1 aliphatic carbocycles. The molecule has 0 unspecified atom stereocenters. The summed E-state index contributed by atoms with van der Waals surface area (Å²) in [7, 11) is 0. The molecule has 1 atom stereocenters. The number of rotatable bonds is 4. The fraction of sp³-hybridized carbons (Fsp3) is 0.300. The van der Waals surface area contributed by atoms with Crippen molar-refractivity contribution < 1.29 is 9.32 Å². The van der Waals surface area contributed by atoms with Gasteiger partial charge >= 0.3 is 6.03 Å². The minimum atomic E-state index is -0.297. The Morgan fingerprint density at radius 2 is 2.04 bits per heavy atom. The van der Waals surface area contributed by atoms with Crippen molar-refractivity contribution in [2.45, 2.75) is 38.6 Å². The summed E-state index contributed by atoms with van der Waals surface area (Å²) < 4.78 is 5.00. The van der Waals surface area contributed by atoms with Gasteiger partial charge in [-0.2, -0.15) is 0 Å². The third-order valence-corrected chi connectivity index (χ3v) is 5.62. The Kier molecular flexibility index (Phi) is 4.75. The molecule has 1 aliphatic rings. The van der Waals surface area contributed by atoms with E-state index in [9.17, 15) is 4.79 Å². The zero-order valence-corrected chi connectivity index (χ0v) is 15.4. The lowest BCUT2D eigenvalue weighted by molar-refractivity contribution is 0.250. The van der Waals surface area contributed by atoms with Gasteiger partial charge in [-0.15, -0.1) is 11.3 Å². The van der Waals surface area contributed by atoms with Crippen molar-refractivity contribution in [3.8, 4) is 0 Å². The number of nitrogens with zero attached hydrogens (tertiary/aromatic N) is 1. The molecule has 0 spiro atoms. The molecule has 2 aromatic heterocycles. The van der Waals surface area contributed by atoms with Crippen molar-refractivity contribution in [1.29, 1.82) is 0 Å². The Balaban J connectivity index is 1.58. The highest BCUT2D eigenvalue weighted by atomic mass is 32.1. The highest BCUT2D eigenvalue weighted by Crippen LogP contribution is 2.30. The predicted octanol–water partition coefficient (Wildman–Crippen LogP) is 4.83. The summed E-state index contributed by atoms with van der Waals surface area (Å²) in [6, 6.07) is 11.9. The van der Waals surface area contributed by atoms with Crippen LogP contribution in [0.2, 0.25) is 0 Å². The summed E-state index contributed by atoms with van der Waals surface area (Å²) in [4.78, 5) is 13.6. The summed E-state index contributed by atoms with van der Waals surface area (Å²) in [5, 5.41) is 11.7. The van der Waals surface area contributed by atoms with Crippen LogP contribution in [0.15, 0.2) is 46.3 Å². The molecule has 0 saturated carbocycles. The molecule has 2 amide bonds. The van der Waals surface area contributed by atoms with Crippen molar-refractivity contribution in [2.75, 3.05) is 5.32 Å². The van der Waals surface area contributed by atoms with Crippen molar-refractivity contribution in [1.82, 2.24) is 10.5 Å². The van der Waals surface area contributed by atoms with Crippen molar-refractivity contribution in [3.63, 3.8) is 0 Å². The van der Waals surface area contributed by atoms with E-state index in [0.29, 0.717) is 11.6 Å². The number of aromatic nitrogens is 1. The Morgan fingerprint density at radius 3 is 2.77 bits per heavy atom. The zero-order valence-electron chi connectivity index (χ0n) is 14.6. The second kappa shape index (κ2) is 7.33. The molecule has 6 heteroatoms. The maximum atomic E-state index is 12.5. The number of amides is 2. The summed E-state index contributed by atoms with van der Waals surface area (Å²) in [6.07, 6.45) is 4.77. The van der Waals surface area contributed by atoms with Crippen LogP contribution in [0.5, 0.6) is 0 Å². The summed E-state index contributed by atoms with van der Waals surface area (Å²) in [5.74, 6) is 1.07. The molecule has 2 heterocycles. The molecule has 0 bridgehead atoms. The molecule has 5 nitrogen and oxygen atoms in total. The van der Waals surface area contributed by atoms with E-state index in [-0.39, 0.29) is 12.1 Å². The van der Waals surface area contributed by atoms with E-state index >= 15 is 0 Å². The van der Waals surface area contributed by atoms with Crippen LogP contribution in [0.3, 0.4) is 0 Å². The Labute approximate surface area is 156 Å². The van der Waals surface area contributed by atoms with E-state index in [1.54, 1.807) is 24.3 Å². The summed E-state index contributed by atoms with van der Waals surface area (Å²) in [5.41, 5.74) is 3.96. The van der Waals surface area contributed by atoms with E-state index in [1.165, 1.54) is 24.0 Å². The largest absolute Gasteiger partial charge is 0.360 e. The van der Waals surface area contributed by atoms with Crippen molar-refractivity contribution in [2.24, 2.45) is 0 Å². The monoisotopic (exact) mass is 367 g/mol. The topological polar surface area (TPSA) is 67.2 Å². The van der Waals surface area contributed by atoms with Gasteiger partial charge in [0, 0.05) is 10.9 Å². The number of anilines is 1. The molecule has 0 fully saturated rings. The lowest BCUT2D eigenvalue weighted by Crippen LogP contribution is -2.33. The van der Waals surface area contributed by atoms with E-state index in [1.807, 2.05) is 11.4 Å². The fourth-order valence-corrected chi connectivity index (χ4v) is 4.22. The molecule has 3 aromatic rings. The number of fused-ring (bicyclic) bond motifs is 1. The molecular weight excluding hydrogens is 346 g/mol. The number of hydrogen-bond donors (Lipinski definition) is 2. The smallest absolute Gasteiger partial charge is 0.321 e. The summed E-state index contributed by atoms with van der Waals surface area (Å²) in [6.45, 7) is 1.79. The number of hydrogen-bond acceptors (Lipinski definition) is 4. The SMILES string of the molecule is Cc1cc(NC(=O)N[C@@H](c2ccc3c(c2)CCCC3)c2cccs2)no1. The molecule has 4 rings (SSSR count). The van der Waals surface area contributed by atoms with Crippen LogP contribution in [-0.2, 0) is 12.8 Å². The van der Waals surface area contributed by atoms with Gasteiger partial charge in [-0.1, -0.05) is 29.4 Å². The van der Waals surface area contributed by atoms with Crippen LogP contribution < -0.4 is 10.6 Å². The third kappa shape index (κ3) is 3.65. The van der Waals surface area contributed by atoms with Gasteiger partial charge in [-0.25, -0.2) is 4.79 Å². The van der Waals surface area contributed by atoms with Crippen LogP contribution >= 0.6 is 11.3 Å². The lowest BCUT2D eigenvalue weighted by Gasteiger charge is -2.22. The first kappa shape index (κ1) is 16.8.